The van der Waals surface area contributed by atoms with E-state index in [2.05, 4.69) is 5.32 Å². The first kappa shape index (κ1) is 21.8. The maximum absolute atomic E-state index is 13.4. The van der Waals surface area contributed by atoms with Crippen LogP contribution in [0.4, 0.5) is 11.4 Å². The molecule has 2 heterocycles. The third-order valence-corrected chi connectivity index (χ3v) is 9.45. The van der Waals surface area contributed by atoms with Gasteiger partial charge in [0.15, 0.2) is 4.75 Å². The van der Waals surface area contributed by atoms with Gasteiger partial charge in [0.25, 0.3) is 0 Å². The zero-order valence-electron chi connectivity index (χ0n) is 17.5. The van der Waals surface area contributed by atoms with Crippen molar-refractivity contribution in [2.75, 3.05) is 34.8 Å². The van der Waals surface area contributed by atoms with E-state index in [0.29, 0.717) is 30.1 Å². The third-order valence-electron chi connectivity index (χ3n) is 5.74. The lowest BCUT2D eigenvalue weighted by Crippen LogP contribution is -2.57. The predicted molar refractivity (Wildman–Crippen MR) is 124 cm³/mol. The van der Waals surface area contributed by atoms with Crippen LogP contribution < -0.4 is 19.1 Å². The van der Waals surface area contributed by atoms with Crippen LogP contribution in [-0.2, 0) is 14.8 Å². The molecule has 1 N–H and O–H groups in total. The average molecular weight is 463 g/mol. The molecule has 0 aliphatic carbocycles. The fourth-order valence-electron chi connectivity index (χ4n) is 3.65. The topological polar surface area (TPSA) is 84.9 Å². The molecule has 1 atom stereocenters. The molecule has 1 unspecified atom stereocenters. The Hall–Kier alpha value is -2.39. The molecule has 2 fully saturated rings. The number of sulfonamides is 1. The van der Waals surface area contributed by atoms with Crippen molar-refractivity contribution < 1.29 is 22.7 Å². The van der Waals surface area contributed by atoms with E-state index in [0.717, 1.165) is 17.3 Å². The summed E-state index contributed by atoms with van der Waals surface area (Å²) in [6, 6.07) is 13.9. The zero-order chi connectivity index (χ0) is 22.1. The molecule has 0 spiro atoms. The Morgan fingerprint density at radius 2 is 1.74 bits per heavy atom. The lowest BCUT2D eigenvalue weighted by molar-refractivity contribution is -0.118. The first-order chi connectivity index (χ1) is 14.8. The van der Waals surface area contributed by atoms with E-state index in [1.54, 1.807) is 55.6 Å². The van der Waals surface area contributed by atoms with Crippen LogP contribution >= 0.6 is 11.8 Å². The summed E-state index contributed by atoms with van der Waals surface area (Å²) in [5.41, 5.74) is 1.06. The summed E-state index contributed by atoms with van der Waals surface area (Å²) < 4.78 is 37.6. The van der Waals surface area contributed by atoms with E-state index in [9.17, 15) is 13.2 Å². The molecular weight excluding hydrogens is 436 g/mol. The number of benzene rings is 2. The van der Waals surface area contributed by atoms with Gasteiger partial charge in [0.2, 0.25) is 15.9 Å². The minimum atomic E-state index is -3.92. The van der Waals surface area contributed by atoms with Gasteiger partial charge in [-0.3, -0.25) is 9.10 Å². The number of thioether (sulfide) groups is 1. The first-order valence-corrected chi connectivity index (χ1v) is 12.8. The predicted octanol–water partition coefficient (Wildman–Crippen LogP) is 3.52. The number of hydrogen-bond donors (Lipinski definition) is 1. The standard InChI is InChI=1S/C22H26N2O5S2/c1-22(21(25)23-16-4-8-19(9-5-16)29-20-14-30-15-20)12-3-13-24(31(22,26)27)17-6-10-18(28-2)11-7-17/h4-11,20H,3,12-15H2,1-2H3,(H,23,25). The van der Waals surface area contributed by atoms with E-state index < -0.39 is 20.7 Å². The van der Waals surface area contributed by atoms with E-state index in [1.807, 2.05) is 11.8 Å². The molecule has 166 valence electrons. The van der Waals surface area contributed by atoms with Crippen LogP contribution in [0, 0.1) is 0 Å². The molecular formula is C22H26N2O5S2. The molecule has 2 saturated heterocycles. The molecule has 2 aliphatic rings. The van der Waals surface area contributed by atoms with Crippen molar-refractivity contribution in [2.24, 2.45) is 0 Å². The highest BCUT2D eigenvalue weighted by atomic mass is 32.2. The molecule has 0 bridgehead atoms. The number of hydrogen-bond acceptors (Lipinski definition) is 6. The maximum atomic E-state index is 13.4. The second-order valence-electron chi connectivity index (χ2n) is 7.87. The van der Waals surface area contributed by atoms with Gasteiger partial charge in [0, 0.05) is 23.7 Å². The number of rotatable bonds is 6. The third kappa shape index (κ3) is 4.21. The lowest BCUT2D eigenvalue weighted by atomic mass is 10.0. The van der Waals surface area contributed by atoms with Crippen LogP contribution in [0.25, 0.3) is 0 Å². The van der Waals surface area contributed by atoms with Gasteiger partial charge in [-0.1, -0.05) is 0 Å². The van der Waals surface area contributed by atoms with Crippen LogP contribution in [-0.4, -0.2) is 50.3 Å². The van der Waals surface area contributed by atoms with E-state index in [-0.39, 0.29) is 12.5 Å². The normalized spacial score (nSPS) is 23.0. The highest BCUT2D eigenvalue weighted by molar-refractivity contribution is 8.00. The Morgan fingerprint density at radius 3 is 2.32 bits per heavy atom. The lowest BCUT2D eigenvalue weighted by Gasteiger charge is -2.39. The Kier molecular flexibility index (Phi) is 6.07. The maximum Gasteiger partial charge on any atom is 0.249 e. The first-order valence-electron chi connectivity index (χ1n) is 10.2. The highest BCUT2D eigenvalue weighted by Crippen LogP contribution is 2.37. The fourth-order valence-corrected chi connectivity index (χ4v) is 6.16. The van der Waals surface area contributed by atoms with Crippen LogP contribution in [0.1, 0.15) is 19.8 Å². The van der Waals surface area contributed by atoms with Crippen molar-refractivity contribution in [1.82, 2.24) is 0 Å². The number of methoxy groups -OCH3 is 1. The molecule has 4 rings (SSSR count). The van der Waals surface area contributed by atoms with Crippen molar-refractivity contribution in [3.63, 3.8) is 0 Å². The van der Waals surface area contributed by atoms with Crippen LogP contribution in [0.15, 0.2) is 48.5 Å². The van der Waals surface area contributed by atoms with Crippen molar-refractivity contribution in [3.8, 4) is 11.5 Å². The molecule has 0 saturated carbocycles. The summed E-state index contributed by atoms with van der Waals surface area (Å²) in [5.74, 6) is 2.82. The molecule has 9 heteroatoms. The van der Waals surface area contributed by atoms with Crippen LogP contribution in [0.3, 0.4) is 0 Å². The summed E-state index contributed by atoms with van der Waals surface area (Å²) in [4.78, 5) is 13.1. The number of carbonyl (C=O) groups excluding carboxylic acids is 1. The van der Waals surface area contributed by atoms with E-state index in [1.165, 1.54) is 11.2 Å². The van der Waals surface area contributed by atoms with Gasteiger partial charge in [0.1, 0.15) is 17.6 Å². The molecule has 0 radical (unpaired) electrons. The minimum absolute atomic E-state index is 0.237. The number of ether oxygens (including phenoxy) is 2. The van der Waals surface area contributed by atoms with E-state index in [4.69, 9.17) is 9.47 Å². The summed E-state index contributed by atoms with van der Waals surface area (Å²) in [7, 11) is -2.37. The second-order valence-corrected chi connectivity index (χ2v) is 11.2. The van der Waals surface area contributed by atoms with Gasteiger partial charge < -0.3 is 14.8 Å². The zero-order valence-corrected chi connectivity index (χ0v) is 19.2. The summed E-state index contributed by atoms with van der Waals surface area (Å²) >= 11 is 1.84. The SMILES string of the molecule is COc1ccc(N2CCCC(C)(C(=O)Nc3ccc(OC4CSC4)cc3)S2(=O)=O)cc1. The molecule has 31 heavy (non-hydrogen) atoms. The van der Waals surface area contributed by atoms with Crippen LogP contribution in [0.2, 0.25) is 0 Å². The molecule has 7 nitrogen and oxygen atoms in total. The van der Waals surface area contributed by atoms with Crippen molar-refractivity contribution in [1.29, 1.82) is 0 Å². The van der Waals surface area contributed by atoms with Gasteiger partial charge in [0.05, 0.1) is 12.8 Å². The van der Waals surface area contributed by atoms with Gasteiger partial charge >= 0.3 is 0 Å². The van der Waals surface area contributed by atoms with E-state index >= 15 is 0 Å². The molecule has 2 aliphatic heterocycles. The van der Waals surface area contributed by atoms with Gasteiger partial charge in [-0.05, 0) is 68.3 Å². The molecule has 2 aromatic carbocycles. The molecule has 1 amide bonds. The van der Waals surface area contributed by atoms with Crippen molar-refractivity contribution >= 4 is 39.1 Å². The molecule has 0 aromatic heterocycles. The minimum Gasteiger partial charge on any atom is -0.497 e. The van der Waals surface area contributed by atoms with Gasteiger partial charge in [-0.15, -0.1) is 0 Å². The van der Waals surface area contributed by atoms with Crippen LogP contribution in [0.5, 0.6) is 11.5 Å². The Morgan fingerprint density at radius 1 is 1.10 bits per heavy atom. The highest BCUT2D eigenvalue weighted by Gasteiger charge is 2.52. The largest absolute Gasteiger partial charge is 0.497 e. The number of nitrogens with one attached hydrogen (secondary N) is 1. The smallest absolute Gasteiger partial charge is 0.249 e. The fraction of sp³-hybridized carbons (Fsp3) is 0.409. The van der Waals surface area contributed by atoms with Crippen molar-refractivity contribution in [3.05, 3.63) is 48.5 Å². The Bertz CT molecular complexity index is 1040. The van der Waals surface area contributed by atoms with Gasteiger partial charge in [-0.2, -0.15) is 11.8 Å². The van der Waals surface area contributed by atoms with Gasteiger partial charge in [-0.25, -0.2) is 8.42 Å². The Balaban J connectivity index is 1.50. The number of amides is 1. The quantitative estimate of drug-likeness (QED) is 0.707. The summed E-state index contributed by atoms with van der Waals surface area (Å²) in [6.45, 7) is 1.84. The number of carbonyl (C=O) groups is 1. The Labute approximate surface area is 187 Å². The number of nitrogens with zero attached hydrogens (tertiary/aromatic N) is 1. The monoisotopic (exact) mass is 462 g/mol. The second kappa shape index (κ2) is 8.63. The summed E-state index contributed by atoms with van der Waals surface area (Å²) in [5, 5.41) is 2.78. The summed E-state index contributed by atoms with van der Waals surface area (Å²) in [6.07, 6.45) is 1.08. The molecule has 2 aromatic rings. The van der Waals surface area contributed by atoms with Crippen molar-refractivity contribution in [2.45, 2.75) is 30.6 Å². The average Bonchev–Trinajstić information content (AvgIpc) is 2.74. The number of anilines is 2.